The topological polar surface area (TPSA) is 82.5 Å². The summed E-state index contributed by atoms with van der Waals surface area (Å²) in [5.74, 6) is 0.239. The molecule has 0 unspecified atom stereocenters. The monoisotopic (exact) mass is 524 g/mol. The van der Waals surface area contributed by atoms with Crippen LogP contribution in [0.25, 0.3) is 0 Å². The molecule has 0 saturated carbocycles. The molecule has 0 aromatic carbocycles. The first-order valence-electron chi connectivity index (χ1n) is 13.5. The van der Waals surface area contributed by atoms with Gasteiger partial charge in [-0.1, -0.05) is 47.5 Å². The number of unbranched alkanes of at least 4 members (excludes halogenated alkanes) is 2. The molecule has 36 heavy (non-hydrogen) atoms. The minimum Gasteiger partial charge on any atom is -0.478 e. The average Bonchev–Trinajstić information content (AvgIpc) is 3.21. The van der Waals surface area contributed by atoms with E-state index in [0.29, 0.717) is 31.6 Å². The standard InChI is InChI=1S/C27H48N2O6Si/c1-10-12-16-31-21-15-14-19(25(28-21)32-17-13-11-2)22-24-23(34-27(6,7)35-24)20(29(22)30)18-33-36(8,9)26(3,4)5/h14-15,20,22-24,30H,10-13,16-18H2,1-9H3/t20-,22+,23-,24+/m1/s1. The summed E-state index contributed by atoms with van der Waals surface area (Å²) in [6.45, 7) is 20.7. The Bertz CT molecular complexity index is 859. The molecule has 0 radical (unpaired) electrons. The number of hydroxylamine groups is 2. The van der Waals surface area contributed by atoms with Crippen LogP contribution in [0, 0.1) is 0 Å². The summed E-state index contributed by atoms with van der Waals surface area (Å²) in [5.41, 5.74) is 0.766. The van der Waals surface area contributed by atoms with Gasteiger partial charge in [0.2, 0.25) is 11.8 Å². The number of rotatable bonds is 12. The summed E-state index contributed by atoms with van der Waals surface area (Å²) in [6.07, 6.45) is 3.21. The van der Waals surface area contributed by atoms with E-state index in [1.807, 2.05) is 26.0 Å². The molecule has 2 fully saturated rings. The van der Waals surface area contributed by atoms with Crippen molar-refractivity contribution < 1.29 is 28.6 Å². The van der Waals surface area contributed by atoms with Crippen molar-refractivity contribution in [1.29, 1.82) is 0 Å². The maximum Gasteiger partial charge on any atom is 0.221 e. The fourth-order valence-corrected chi connectivity index (χ4v) is 5.38. The minimum atomic E-state index is -2.03. The van der Waals surface area contributed by atoms with Crippen molar-refractivity contribution in [3.63, 3.8) is 0 Å². The molecule has 1 N–H and O–H groups in total. The smallest absolute Gasteiger partial charge is 0.221 e. The maximum atomic E-state index is 11.5. The number of nitrogens with zero attached hydrogens (tertiary/aromatic N) is 2. The van der Waals surface area contributed by atoms with Crippen LogP contribution < -0.4 is 9.47 Å². The molecule has 0 bridgehead atoms. The molecule has 2 aliphatic heterocycles. The number of fused-ring (bicyclic) bond motifs is 1. The molecule has 2 aliphatic rings. The van der Waals surface area contributed by atoms with Crippen LogP contribution in [-0.2, 0) is 13.9 Å². The Hall–Kier alpha value is -1.23. The number of hydrogen-bond donors (Lipinski definition) is 1. The van der Waals surface area contributed by atoms with Crippen LogP contribution in [0.3, 0.4) is 0 Å². The minimum absolute atomic E-state index is 0.0643. The molecule has 0 aliphatic carbocycles. The normalized spacial score (nSPS) is 26.3. The number of hydrogen-bond acceptors (Lipinski definition) is 8. The van der Waals surface area contributed by atoms with E-state index in [1.165, 1.54) is 5.06 Å². The van der Waals surface area contributed by atoms with Crippen LogP contribution in [-0.4, -0.2) is 67.4 Å². The van der Waals surface area contributed by atoms with Gasteiger partial charge in [-0.15, -0.1) is 0 Å². The molecular formula is C27H48N2O6Si. The molecule has 0 amide bonds. The Morgan fingerprint density at radius 1 is 1.03 bits per heavy atom. The van der Waals surface area contributed by atoms with Gasteiger partial charge in [-0.3, -0.25) is 0 Å². The van der Waals surface area contributed by atoms with Crippen molar-refractivity contribution in [3.8, 4) is 11.8 Å². The lowest BCUT2D eigenvalue weighted by Gasteiger charge is -2.38. The Labute approximate surface area is 218 Å². The summed E-state index contributed by atoms with van der Waals surface area (Å²) in [7, 11) is -2.03. The summed E-state index contributed by atoms with van der Waals surface area (Å²) in [5, 5.41) is 12.9. The maximum absolute atomic E-state index is 11.5. The molecule has 206 valence electrons. The van der Waals surface area contributed by atoms with Gasteiger partial charge in [0.1, 0.15) is 12.2 Å². The largest absolute Gasteiger partial charge is 0.478 e. The first kappa shape index (κ1) is 29.3. The van der Waals surface area contributed by atoms with E-state index >= 15 is 0 Å². The summed E-state index contributed by atoms with van der Waals surface area (Å²) < 4.78 is 31.2. The highest BCUT2D eigenvalue weighted by Crippen LogP contribution is 2.48. The second kappa shape index (κ2) is 11.7. The molecule has 9 heteroatoms. The quantitative estimate of drug-likeness (QED) is 0.260. The number of ether oxygens (including phenoxy) is 4. The average molecular weight is 525 g/mol. The highest BCUT2D eigenvalue weighted by molar-refractivity contribution is 6.74. The van der Waals surface area contributed by atoms with Gasteiger partial charge in [0, 0.05) is 11.6 Å². The van der Waals surface area contributed by atoms with Crippen molar-refractivity contribution in [2.75, 3.05) is 19.8 Å². The van der Waals surface area contributed by atoms with Crippen LogP contribution >= 0.6 is 0 Å². The molecule has 2 saturated heterocycles. The molecule has 3 rings (SSSR count). The fourth-order valence-electron chi connectivity index (χ4n) is 4.36. The fraction of sp³-hybridized carbons (Fsp3) is 0.815. The first-order chi connectivity index (χ1) is 16.8. The lowest BCUT2D eigenvalue weighted by molar-refractivity contribution is -0.220. The van der Waals surface area contributed by atoms with E-state index in [0.717, 1.165) is 31.2 Å². The lowest BCUT2D eigenvalue weighted by atomic mass is 10.0. The van der Waals surface area contributed by atoms with Crippen molar-refractivity contribution in [2.45, 2.75) is 122 Å². The molecule has 8 nitrogen and oxygen atoms in total. The van der Waals surface area contributed by atoms with E-state index in [1.54, 1.807) is 0 Å². The van der Waals surface area contributed by atoms with Gasteiger partial charge < -0.3 is 28.6 Å². The van der Waals surface area contributed by atoms with Crippen LogP contribution in [0.4, 0.5) is 0 Å². The second-order valence-corrected chi connectivity index (χ2v) is 16.8. The molecular weight excluding hydrogens is 476 g/mol. The lowest BCUT2D eigenvalue weighted by Crippen LogP contribution is -2.47. The van der Waals surface area contributed by atoms with Gasteiger partial charge in [-0.2, -0.15) is 10.0 Å². The van der Waals surface area contributed by atoms with Gasteiger partial charge in [0.25, 0.3) is 0 Å². The van der Waals surface area contributed by atoms with Gasteiger partial charge in [-0.25, -0.2) is 0 Å². The van der Waals surface area contributed by atoms with E-state index in [2.05, 4.69) is 52.7 Å². The van der Waals surface area contributed by atoms with Gasteiger partial charge in [-0.05, 0) is 50.9 Å². The van der Waals surface area contributed by atoms with Crippen molar-refractivity contribution >= 4 is 8.32 Å². The van der Waals surface area contributed by atoms with Gasteiger partial charge >= 0.3 is 0 Å². The number of aromatic nitrogens is 1. The van der Waals surface area contributed by atoms with Crippen LogP contribution in [0.2, 0.25) is 18.1 Å². The van der Waals surface area contributed by atoms with Crippen LogP contribution in [0.15, 0.2) is 12.1 Å². The van der Waals surface area contributed by atoms with E-state index < -0.39 is 20.1 Å². The van der Waals surface area contributed by atoms with Crippen LogP contribution in [0.5, 0.6) is 11.8 Å². The zero-order valence-corrected chi connectivity index (χ0v) is 24.8. The number of pyridine rings is 1. The summed E-state index contributed by atoms with van der Waals surface area (Å²) >= 11 is 0. The summed E-state index contributed by atoms with van der Waals surface area (Å²) in [4.78, 5) is 4.69. The first-order valence-corrected chi connectivity index (χ1v) is 16.5. The molecule has 1 aromatic heterocycles. The highest BCUT2D eigenvalue weighted by Gasteiger charge is 2.59. The Balaban J connectivity index is 1.91. The second-order valence-electron chi connectivity index (χ2n) is 12.0. The van der Waals surface area contributed by atoms with Crippen molar-refractivity contribution in [1.82, 2.24) is 10.0 Å². The predicted molar refractivity (Wildman–Crippen MR) is 142 cm³/mol. The third-order valence-electron chi connectivity index (χ3n) is 7.57. The van der Waals surface area contributed by atoms with Crippen LogP contribution in [0.1, 0.15) is 85.8 Å². The Kier molecular flexibility index (Phi) is 9.50. The van der Waals surface area contributed by atoms with Gasteiger partial charge in [0.15, 0.2) is 14.1 Å². The van der Waals surface area contributed by atoms with Gasteiger partial charge in [0.05, 0.1) is 31.9 Å². The third kappa shape index (κ3) is 6.60. The molecule has 0 spiro atoms. The molecule has 1 aromatic rings. The Morgan fingerprint density at radius 2 is 1.64 bits per heavy atom. The zero-order valence-electron chi connectivity index (χ0n) is 23.8. The van der Waals surface area contributed by atoms with E-state index in [9.17, 15) is 5.21 Å². The molecule has 3 heterocycles. The summed E-state index contributed by atoms with van der Waals surface area (Å²) in [6, 6.07) is 2.91. The van der Waals surface area contributed by atoms with E-state index in [-0.39, 0.29) is 23.3 Å². The molecule has 4 atom stereocenters. The van der Waals surface area contributed by atoms with Crippen molar-refractivity contribution in [2.24, 2.45) is 0 Å². The predicted octanol–water partition coefficient (Wildman–Crippen LogP) is 6.10. The van der Waals surface area contributed by atoms with E-state index in [4.69, 9.17) is 23.4 Å². The zero-order chi connectivity index (χ0) is 26.7. The Morgan fingerprint density at radius 3 is 2.25 bits per heavy atom. The van der Waals surface area contributed by atoms with Crippen molar-refractivity contribution in [3.05, 3.63) is 17.7 Å². The highest BCUT2D eigenvalue weighted by atomic mass is 28.4. The third-order valence-corrected chi connectivity index (χ3v) is 12.1. The SMILES string of the molecule is CCCCOc1ccc([C@H]2[C@@H]3OC(C)(C)O[C@@H]3[C@@H](CO[Si](C)(C)C(C)(C)C)N2O)c(OCCCC)n1.